The van der Waals surface area contributed by atoms with E-state index in [0.29, 0.717) is 12.0 Å². The molecule has 2 heterocycles. The van der Waals surface area contributed by atoms with Crippen molar-refractivity contribution in [3.05, 3.63) is 11.2 Å². The van der Waals surface area contributed by atoms with Gasteiger partial charge in [0.1, 0.15) is 6.10 Å². The molecule has 15 heavy (non-hydrogen) atoms. The Morgan fingerprint density at radius 2 is 2.07 bits per heavy atom. The molecular formula is C11H16N2OS. The van der Waals surface area contributed by atoms with Crippen LogP contribution in [-0.2, 0) is 0 Å². The van der Waals surface area contributed by atoms with Gasteiger partial charge < -0.3 is 10.1 Å². The maximum Gasteiger partial charge on any atom is 0.197 e. The summed E-state index contributed by atoms with van der Waals surface area (Å²) in [5, 5.41) is 4.44. The molecule has 2 fully saturated rings. The summed E-state index contributed by atoms with van der Waals surface area (Å²) in [6.07, 6.45) is 5.26. The van der Waals surface area contributed by atoms with E-state index in [1.165, 1.54) is 18.5 Å². The molecule has 0 bridgehead atoms. The third-order valence-electron chi connectivity index (χ3n) is 3.08. The van der Waals surface area contributed by atoms with E-state index >= 15 is 0 Å². The lowest BCUT2D eigenvalue weighted by Gasteiger charge is -2.23. The van der Waals surface area contributed by atoms with Crippen LogP contribution in [0.3, 0.4) is 0 Å². The average Bonchev–Trinajstić information content (AvgIpc) is 3.02. The molecule has 2 aliphatic rings. The molecule has 0 amide bonds. The van der Waals surface area contributed by atoms with Crippen molar-refractivity contribution in [2.75, 3.05) is 13.1 Å². The zero-order chi connectivity index (χ0) is 10.1. The minimum absolute atomic E-state index is 0.407. The van der Waals surface area contributed by atoms with Gasteiger partial charge in [0.05, 0.1) is 11.2 Å². The van der Waals surface area contributed by atoms with E-state index in [1.54, 1.807) is 11.3 Å². The molecule has 3 rings (SSSR count). The Kier molecular flexibility index (Phi) is 2.63. The van der Waals surface area contributed by atoms with Crippen molar-refractivity contribution < 1.29 is 4.74 Å². The van der Waals surface area contributed by atoms with Crippen LogP contribution in [0.5, 0.6) is 5.06 Å². The Hall–Kier alpha value is -0.610. The quantitative estimate of drug-likeness (QED) is 0.854. The molecule has 0 unspecified atom stereocenters. The van der Waals surface area contributed by atoms with E-state index < -0.39 is 0 Å². The Morgan fingerprint density at radius 1 is 1.27 bits per heavy atom. The standard InChI is InChI=1S/C11H16N2OS/c1-2-8(1)10-11(15-7-13-10)14-9-3-5-12-6-4-9/h7-9,12H,1-6H2. The molecule has 1 saturated heterocycles. The normalized spacial score (nSPS) is 22.9. The Balaban J connectivity index is 1.67. The van der Waals surface area contributed by atoms with Crippen LogP contribution in [-0.4, -0.2) is 24.2 Å². The summed E-state index contributed by atoms with van der Waals surface area (Å²) in [6.45, 7) is 2.17. The predicted molar refractivity (Wildman–Crippen MR) is 60.6 cm³/mol. The van der Waals surface area contributed by atoms with Crippen LogP contribution >= 0.6 is 11.3 Å². The zero-order valence-corrected chi connectivity index (χ0v) is 9.55. The molecule has 1 aromatic rings. The SMILES string of the molecule is c1nc(C2CC2)c(OC2CCNCC2)s1. The fourth-order valence-electron chi connectivity index (χ4n) is 2.03. The minimum atomic E-state index is 0.407. The van der Waals surface area contributed by atoms with E-state index in [0.717, 1.165) is 31.0 Å². The Morgan fingerprint density at radius 3 is 2.80 bits per heavy atom. The van der Waals surface area contributed by atoms with Crippen LogP contribution in [0.25, 0.3) is 0 Å². The lowest BCUT2D eigenvalue weighted by molar-refractivity contribution is 0.166. The number of piperidine rings is 1. The first-order valence-corrected chi connectivity index (χ1v) is 6.62. The Bertz CT molecular complexity index is 329. The molecule has 1 N–H and O–H groups in total. The maximum absolute atomic E-state index is 6.04. The topological polar surface area (TPSA) is 34.1 Å². The summed E-state index contributed by atoms with van der Waals surface area (Å²) in [4.78, 5) is 4.42. The van der Waals surface area contributed by atoms with Crippen molar-refractivity contribution in [1.82, 2.24) is 10.3 Å². The van der Waals surface area contributed by atoms with Crippen molar-refractivity contribution in [3.8, 4) is 5.06 Å². The van der Waals surface area contributed by atoms with Crippen LogP contribution in [0, 0.1) is 0 Å². The summed E-state index contributed by atoms with van der Waals surface area (Å²) < 4.78 is 6.04. The highest BCUT2D eigenvalue weighted by Gasteiger charge is 2.30. The molecular weight excluding hydrogens is 208 g/mol. The van der Waals surface area contributed by atoms with Gasteiger partial charge in [0.15, 0.2) is 5.06 Å². The predicted octanol–water partition coefficient (Wildman–Crippen LogP) is 2.15. The van der Waals surface area contributed by atoms with E-state index in [2.05, 4.69) is 10.3 Å². The van der Waals surface area contributed by atoms with Gasteiger partial charge in [0.2, 0.25) is 0 Å². The van der Waals surface area contributed by atoms with Gasteiger partial charge in [0.25, 0.3) is 0 Å². The van der Waals surface area contributed by atoms with Crippen LogP contribution in [0.4, 0.5) is 0 Å². The van der Waals surface area contributed by atoms with E-state index in [9.17, 15) is 0 Å². The smallest absolute Gasteiger partial charge is 0.197 e. The van der Waals surface area contributed by atoms with Gasteiger partial charge in [-0.25, -0.2) is 4.98 Å². The number of ether oxygens (including phenoxy) is 1. The van der Waals surface area contributed by atoms with E-state index in [4.69, 9.17) is 4.74 Å². The fraction of sp³-hybridized carbons (Fsp3) is 0.727. The van der Waals surface area contributed by atoms with Crippen molar-refractivity contribution in [1.29, 1.82) is 0 Å². The number of hydrogen-bond donors (Lipinski definition) is 1. The molecule has 0 atom stereocenters. The van der Waals surface area contributed by atoms with Gasteiger partial charge >= 0.3 is 0 Å². The highest BCUT2D eigenvalue weighted by molar-refractivity contribution is 7.11. The number of nitrogens with zero attached hydrogens (tertiary/aromatic N) is 1. The van der Waals surface area contributed by atoms with Crippen LogP contribution in [0.2, 0.25) is 0 Å². The first-order chi connectivity index (χ1) is 7.43. The summed E-state index contributed by atoms with van der Waals surface area (Å²) in [6, 6.07) is 0. The second kappa shape index (κ2) is 4.10. The van der Waals surface area contributed by atoms with E-state index in [1.807, 2.05) is 5.51 Å². The summed E-state index contributed by atoms with van der Waals surface area (Å²) in [5.41, 5.74) is 3.14. The highest BCUT2D eigenvalue weighted by atomic mass is 32.1. The molecule has 0 aromatic carbocycles. The van der Waals surface area contributed by atoms with Crippen LogP contribution < -0.4 is 10.1 Å². The van der Waals surface area contributed by atoms with Crippen molar-refractivity contribution in [3.63, 3.8) is 0 Å². The molecule has 4 heteroatoms. The molecule has 0 radical (unpaired) electrons. The monoisotopic (exact) mass is 224 g/mol. The maximum atomic E-state index is 6.04. The van der Waals surface area contributed by atoms with Crippen LogP contribution in [0.15, 0.2) is 5.51 Å². The van der Waals surface area contributed by atoms with Gasteiger partial charge in [-0.3, -0.25) is 0 Å². The first-order valence-electron chi connectivity index (χ1n) is 5.74. The summed E-state index contributed by atoms with van der Waals surface area (Å²) >= 11 is 1.66. The highest BCUT2D eigenvalue weighted by Crippen LogP contribution is 2.45. The molecule has 1 aromatic heterocycles. The van der Waals surface area contributed by atoms with Crippen molar-refractivity contribution in [2.45, 2.75) is 37.7 Å². The van der Waals surface area contributed by atoms with Gasteiger partial charge in [-0.2, -0.15) is 0 Å². The molecule has 1 aliphatic heterocycles. The average molecular weight is 224 g/mol. The molecule has 3 nitrogen and oxygen atoms in total. The summed E-state index contributed by atoms with van der Waals surface area (Å²) in [5.74, 6) is 0.702. The lowest BCUT2D eigenvalue weighted by Crippen LogP contribution is -2.34. The number of hydrogen-bond acceptors (Lipinski definition) is 4. The largest absolute Gasteiger partial charge is 0.479 e. The number of aromatic nitrogens is 1. The number of nitrogens with one attached hydrogen (secondary N) is 1. The van der Waals surface area contributed by atoms with Gasteiger partial charge in [-0.15, -0.1) is 0 Å². The third kappa shape index (κ3) is 2.16. The molecule has 1 aliphatic carbocycles. The number of rotatable bonds is 3. The Labute approximate surface area is 93.9 Å². The number of thiazole rings is 1. The van der Waals surface area contributed by atoms with Crippen molar-refractivity contribution >= 4 is 11.3 Å². The fourth-order valence-corrected chi connectivity index (χ4v) is 2.82. The van der Waals surface area contributed by atoms with Gasteiger partial charge in [0, 0.05) is 5.92 Å². The zero-order valence-electron chi connectivity index (χ0n) is 8.74. The second-order valence-electron chi connectivity index (χ2n) is 4.37. The second-order valence-corrected chi connectivity index (χ2v) is 5.18. The van der Waals surface area contributed by atoms with E-state index in [-0.39, 0.29) is 0 Å². The lowest BCUT2D eigenvalue weighted by atomic mass is 10.1. The molecule has 1 saturated carbocycles. The van der Waals surface area contributed by atoms with Crippen LogP contribution in [0.1, 0.15) is 37.3 Å². The van der Waals surface area contributed by atoms with Gasteiger partial charge in [-0.05, 0) is 38.8 Å². The first kappa shape index (κ1) is 9.60. The minimum Gasteiger partial charge on any atom is -0.479 e. The molecule has 82 valence electrons. The molecule has 0 spiro atoms. The van der Waals surface area contributed by atoms with Gasteiger partial charge in [-0.1, -0.05) is 11.3 Å². The van der Waals surface area contributed by atoms with Crippen molar-refractivity contribution in [2.24, 2.45) is 0 Å². The summed E-state index contributed by atoms with van der Waals surface area (Å²) in [7, 11) is 0. The third-order valence-corrected chi connectivity index (χ3v) is 3.81.